The first kappa shape index (κ1) is 25.3. The van der Waals surface area contributed by atoms with Crippen molar-refractivity contribution in [2.45, 2.75) is 12.5 Å². The summed E-state index contributed by atoms with van der Waals surface area (Å²) >= 11 is 6.85. The number of nitrogens with zero attached hydrogens (tertiary/aromatic N) is 2. The van der Waals surface area contributed by atoms with Crippen molar-refractivity contribution in [1.29, 1.82) is 0 Å². The molecular formula is C30H21Br2N3O4. The Morgan fingerprint density at radius 3 is 2.46 bits per heavy atom. The van der Waals surface area contributed by atoms with Gasteiger partial charge in [0.2, 0.25) is 0 Å². The Balaban J connectivity index is 1.55. The SMILES string of the molecule is COc1ccc(C2CC(c3c(-c4ccccc4)c4cc(Br)ccc4[nH]c3=O)=NN2C(=O)c2ccc(Br)o2)cc1. The lowest BCUT2D eigenvalue weighted by atomic mass is 9.91. The van der Waals surface area contributed by atoms with Gasteiger partial charge in [-0.05, 0) is 69.5 Å². The van der Waals surface area contributed by atoms with Gasteiger partial charge in [-0.3, -0.25) is 9.59 Å². The summed E-state index contributed by atoms with van der Waals surface area (Å²) in [6, 6.07) is 25.8. The summed E-state index contributed by atoms with van der Waals surface area (Å²) in [5.41, 5.74) is 3.88. The molecule has 1 atom stereocenters. The molecule has 0 spiro atoms. The summed E-state index contributed by atoms with van der Waals surface area (Å²) < 4.78 is 12.2. The van der Waals surface area contributed by atoms with Gasteiger partial charge in [0.25, 0.3) is 5.56 Å². The maximum absolute atomic E-state index is 13.7. The molecule has 0 aliphatic carbocycles. The van der Waals surface area contributed by atoms with Crippen molar-refractivity contribution in [1.82, 2.24) is 9.99 Å². The number of ether oxygens (including phenoxy) is 1. The molecule has 5 aromatic rings. The fourth-order valence-electron chi connectivity index (χ4n) is 4.92. The van der Waals surface area contributed by atoms with E-state index in [2.05, 4.69) is 36.8 Å². The van der Waals surface area contributed by atoms with Crippen LogP contribution in [-0.2, 0) is 0 Å². The summed E-state index contributed by atoms with van der Waals surface area (Å²) in [7, 11) is 1.60. The predicted molar refractivity (Wildman–Crippen MR) is 157 cm³/mol. The molecule has 194 valence electrons. The van der Waals surface area contributed by atoms with Crippen LogP contribution in [0.4, 0.5) is 0 Å². The minimum atomic E-state index is -0.455. The van der Waals surface area contributed by atoms with Crippen molar-refractivity contribution < 1.29 is 13.9 Å². The Kier molecular flexibility index (Phi) is 6.70. The van der Waals surface area contributed by atoms with Gasteiger partial charge in [0, 0.05) is 27.4 Å². The van der Waals surface area contributed by atoms with Crippen LogP contribution >= 0.6 is 31.9 Å². The standard InChI is InChI=1S/C30H21Br2N3O4/c1-38-20-10-7-17(8-11-20)24-16-23(34-35(24)30(37)25-13-14-26(32)39-25)28-27(18-5-3-2-4-6-18)21-15-19(31)9-12-22(21)33-29(28)36/h2-15,24H,16H2,1H3,(H,33,36). The van der Waals surface area contributed by atoms with Gasteiger partial charge < -0.3 is 14.1 Å². The third kappa shape index (κ3) is 4.72. The highest BCUT2D eigenvalue weighted by atomic mass is 79.9. The normalized spacial score (nSPS) is 15.0. The van der Waals surface area contributed by atoms with Crippen molar-refractivity contribution in [3.05, 3.63) is 121 Å². The molecule has 39 heavy (non-hydrogen) atoms. The summed E-state index contributed by atoms with van der Waals surface area (Å²) in [5.74, 6) is 0.441. The average Bonchev–Trinajstić information content (AvgIpc) is 3.59. The Bertz CT molecular complexity index is 1790. The zero-order valence-electron chi connectivity index (χ0n) is 20.7. The molecule has 6 rings (SSSR count). The van der Waals surface area contributed by atoms with Crippen molar-refractivity contribution in [3.8, 4) is 16.9 Å². The van der Waals surface area contributed by atoms with Gasteiger partial charge in [0.05, 0.1) is 24.4 Å². The second-order valence-corrected chi connectivity index (χ2v) is 10.8. The number of hydrogen-bond donors (Lipinski definition) is 1. The highest BCUT2D eigenvalue weighted by Crippen LogP contribution is 2.38. The van der Waals surface area contributed by atoms with E-state index in [1.54, 1.807) is 19.2 Å². The Morgan fingerprint density at radius 2 is 1.77 bits per heavy atom. The fourth-order valence-corrected chi connectivity index (χ4v) is 5.59. The van der Waals surface area contributed by atoms with Gasteiger partial charge in [-0.25, -0.2) is 5.01 Å². The van der Waals surface area contributed by atoms with Crippen molar-refractivity contribution in [3.63, 3.8) is 0 Å². The van der Waals surface area contributed by atoms with Crippen molar-refractivity contribution in [2.24, 2.45) is 5.10 Å². The Hall–Kier alpha value is -3.95. The molecule has 1 N–H and O–H groups in total. The topological polar surface area (TPSA) is 87.9 Å². The first-order valence-electron chi connectivity index (χ1n) is 12.1. The number of furan rings is 1. The van der Waals surface area contributed by atoms with Gasteiger partial charge in [0.1, 0.15) is 5.75 Å². The fraction of sp³-hybridized carbons (Fsp3) is 0.100. The molecule has 0 radical (unpaired) electrons. The molecule has 1 aliphatic heterocycles. The maximum Gasteiger partial charge on any atom is 0.310 e. The lowest BCUT2D eigenvalue weighted by molar-refractivity contribution is 0.0677. The molecule has 2 aromatic heterocycles. The van der Waals surface area contributed by atoms with Crippen LogP contribution in [0.5, 0.6) is 5.75 Å². The van der Waals surface area contributed by atoms with Crippen molar-refractivity contribution in [2.75, 3.05) is 7.11 Å². The molecule has 3 aromatic carbocycles. The van der Waals surface area contributed by atoms with Crippen LogP contribution in [0.15, 0.2) is 108 Å². The molecule has 0 saturated heterocycles. The summed E-state index contributed by atoms with van der Waals surface area (Å²) in [4.78, 5) is 30.3. The second-order valence-electron chi connectivity index (χ2n) is 9.05. The quantitative estimate of drug-likeness (QED) is 0.217. The van der Waals surface area contributed by atoms with E-state index < -0.39 is 11.9 Å². The molecule has 0 saturated carbocycles. The average molecular weight is 647 g/mol. The summed E-state index contributed by atoms with van der Waals surface area (Å²) in [5, 5.41) is 7.06. The molecule has 3 heterocycles. The number of amides is 1. The van der Waals surface area contributed by atoms with E-state index in [9.17, 15) is 9.59 Å². The van der Waals surface area contributed by atoms with Crippen LogP contribution in [-0.4, -0.2) is 28.7 Å². The predicted octanol–water partition coefficient (Wildman–Crippen LogP) is 7.31. The van der Waals surface area contributed by atoms with Crippen LogP contribution < -0.4 is 10.3 Å². The third-order valence-corrected chi connectivity index (χ3v) is 7.65. The van der Waals surface area contributed by atoms with Crippen LogP contribution in [0, 0.1) is 0 Å². The first-order valence-corrected chi connectivity index (χ1v) is 13.7. The van der Waals surface area contributed by atoms with E-state index in [-0.39, 0.29) is 11.3 Å². The number of fused-ring (bicyclic) bond motifs is 1. The Morgan fingerprint density at radius 1 is 1.00 bits per heavy atom. The minimum absolute atomic E-state index is 0.144. The van der Waals surface area contributed by atoms with Gasteiger partial charge >= 0.3 is 5.91 Å². The number of methoxy groups -OCH3 is 1. The molecule has 1 aliphatic rings. The van der Waals surface area contributed by atoms with E-state index in [1.165, 1.54) is 5.01 Å². The maximum atomic E-state index is 13.7. The lowest BCUT2D eigenvalue weighted by Crippen LogP contribution is -2.26. The van der Waals surface area contributed by atoms with Crippen LogP contribution in [0.3, 0.4) is 0 Å². The molecule has 1 amide bonds. The number of H-pyrrole nitrogens is 1. The van der Waals surface area contributed by atoms with Crippen LogP contribution in [0.2, 0.25) is 0 Å². The summed E-state index contributed by atoms with van der Waals surface area (Å²) in [6.45, 7) is 0. The third-order valence-electron chi connectivity index (χ3n) is 6.73. The number of carbonyl (C=O) groups is 1. The van der Waals surface area contributed by atoms with Gasteiger partial charge in [0.15, 0.2) is 10.4 Å². The number of halogens is 2. The number of aromatic nitrogens is 1. The van der Waals surface area contributed by atoms with E-state index in [1.807, 2.05) is 72.8 Å². The number of benzene rings is 3. The lowest BCUT2D eigenvalue weighted by Gasteiger charge is -2.21. The number of rotatable bonds is 5. The van der Waals surface area contributed by atoms with E-state index in [4.69, 9.17) is 14.3 Å². The highest BCUT2D eigenvalue weighted by molar-refractivity contribution is 9.10. The van der Waals surface area contributed by atoms with Crippen molar-refractivity contribution >= 4 is 54.4 Å². The van der Waals surface area contributed by atoms with E-state index in [0.717, 1.165) is 26.5 Å². The number of aromatic amines is 1. The van der Waals surface area contributed by atoms with Gasteiger partial charge in [-0.15, -0.1) is 0 Å². The van der Waals surface area contributed by atoms with Gasteiger partial charge in [-0.1, -0.05) is 58.4 Å². The number of hydrogen-bond acceptors (Lipinski definition) is 5. The zero-order chi connectivity index (χ0) is 27.1. The smallest absolute Gasteiger partial charge is 0.310 e. The largest absolute Gasteiger partial charge is 0.497 e. The van der Waals surface area contributed by atoms with Crippen LogP contribution in [0.25, 0.3) is 22.0 Å². The molecule has 0 fully saturated rings. The molecule has 0 bridgehead atoms. The minimum Gasteiger partial charge on any atom is -0.497 e. The number of pyridine rings is 1. The highest BCUT2D eigenvalue weighted by Gasteiger charge is 2.37. The monoisotopic (exact) mass is 645 g/mol. The molecular weight excluding hydrogens is 626 g/mol. The number of hydrazone groups is 1. The zero-order valence-corrected chi connectivity index (χ0v) is 23.8. The summed E-state index contributed by atoms with van der Waals surface area (Å²) in [6.07, 6.45) is 0.336. The molecule has 1 unspecified atom stereocenters. The van der Waals surface area contributed by atoms with Gasteiger partial charge in [-0.2, -0.15) is 5.10 Å². The number of nitrogens with one attached hydrogen (secondary N) is 1. The van der Waals surface area contributed by atoms with Crippen LogP contribution in [0.1, 0.15) is 34.1 Å². The molecule has 7 nitrogen and oxygen atoms in total. The number of carbonyl (C=O) groups excluding carboxylic acids is 1. The second kappa shape index (κ2) is 10.3. The first-order chi connectivity index (χ1) is 18.9. The van der Waals surface area contributed by atoms with E-state index in [0.29, 0.717) is 33.6 Å². The molecule has 9 heteroatoms. The Labute approximate surface area is 240 Å². The van der Waals surface area contributed by atoms with E-state index >= 15 is 0 Å².